The minimum absolute atomic E-state index is 0.0173. The highest BCUT2D eigenvalue weighted by molar-refractivity contribution is 5.94. The van der Waals surface area contributed by atoms with Crippen LogP contribution < -0.4 is 10.1 Å². The molecule has 1 heterocycles. The molecular weight excluding hydrogens is 424 g/mol. The molecular formula is C29H32N2O3. The molecule has 1 N–H and O–H groups in total. The van der Waals surface area contributed by atoms with Gasteiger partial charge in [0.05, 0.1) is 6.61 Å². The van der Waals surface area contributed by atoms with E-state index in [9.17, 15) is 9.59 Å². The van der Waals surface area contributed by atoms with Gasteiger partial charge < -0.3 is 15.0 Å². The Bertz CT molecular complexity index is 1020. The van der Waals surface area contributed by atoms with E-state index in [0.717, 1.165) is 29.7 Å². The van der Waals surface area contributed by atoms with Crippen LogP contribution in [-0.2, 0) is 4.79 Å². The molecule has 2 amide bonds. The molecule has 0 atom stereocenters. The number of likely N-dealkylation sites (tertiary alicyclic amines) is 1. The maximum Gasteiger partial charge on any atom is 0.253 e. The van der Waals surface area contributed by atoms with Crippen LogP contribution in [0.25, 0.3) is 0 Å². The Labute approximate surface area is 201 Å². The normalized spacial score (nSPS) is 14.1. The summed E-state index contributed by atoms with van der Waals surface area (Å²) < 4.78 is 5.46. The summed E-state index contributed by atoms with van der Waals surface area (Å²) in [5.74, 6) is 0.864. The minimum Gasteiger partial charge on any atom is -0.494 e. The standard InChI is InChI=1S/C29H32N2O3/c1-2-34-26-15-13-24(14-16-26)29(33)31-19-17-25(18-20-31)30-28(32)21-27(22-9-5-3-6-10-22)23-11-7-4-8-12-23/h3-16,25,27H,2,17-21H2,1H3,(H,30,32). The largest absolute Gasteiger partial charge is 0.494 e. The minimum atomic E-state index is 0.0173. The number of hydrogen-bond donors (Lipinski definition) is 1. The van der Waals surface area contributed by atoms with E-state index >= 15 is 0 Å². The van der Waals surface area contributed by atoms with Gasteiger partial charge in [-0.1, -0.05) is 60.7 Å². The van der Waals surface area contributed by atoms with E-state index < -0.39 is 0 Å². The lowest BCUT2D eigenvalue weighted by atomic mass is 9.88. The molecule has 3 aromatic carbocycles. The number of carbonyl (C=O) groups excluding carboxylic acids is 2. The molecule has 3 aromatic rings. The summed E-state index contributed by atoms with van der Waals surface area (Å²) in [5.41, 5.74) is 2.94. The first-order chi connectivity index (χ1) is 16.6. The predicted molar refractivity (Wildman–Crippen MR) is 134 cm³/mol. The van der Waals surface area contributed by atoms with Crippen LogP contribution in [-0.4, -0.2) is 42.5 Å². The van der Waals surface area contributed by atoms with E-state index in [1.165, 1.54) is 0 Å². The van der Waals surface area contributed by atoms with E-state index in [4.69, 9.17) is 4.74 Å². The number of ether oxygens (including phenoxy) is 1. The van der Waals surface area contributed by atoms with Crippen molar-refractivity contribution in [2.45, 2.75) is 38.1 Å². The molecule has 4 rings (SSSR count). The fourth-order valence-corrected chi connectivity index (χ4v) is 4.54. The van der Waals surface area contributed by atoms with Gasteiger partial charge in [-0.05, 0) is 55.2 Å². The SMILES string of the molecule is CCOc1ccc(C(=O)N2CCC(NC(=O)CC(c3ccccc3)c3ccccc3)CC2)cc1. The summed E-state index contributed by atoms with van der Waals surface area (Å²) in [6, 6.07) is 27.7. The number of hydrogen-bond acceptors (Lipinski definition) is 3. The summed E-state index contributed by atoms with van der Waals surface area (Å²) in [7, 11) is 0. The van der Waals surface area contributed by atoms with Gasteiger partial charge in [-0.25, -0.2) is 0 Å². The first-order valence-electron chi connectivity index (χ1n) is 12.1. The van der Waals surface area contributed by atoms with Gasteiger partial charge in [0.15, 0.2) is 0 Å². The lowest BCUT2D eigenvalue weighted by Gasteiger charge is -2.33. The highest BCUT2D eigenvalue weighted by atomic mass is 16.5. The van der Waals surface area contributed by atoms with Gasteiger partial charge in [0, 0.05) is 37.0 Å². The molecule has 0 saturated carbocycles. The molecule has 0 aliphatic carbocycles. The summed E-state index contributed by atoms with van der Waals surface area (Å²) in [6.45, 7) is 3.81. The Kier molecular flexibility index (Phi) is 7.97. The Balaban J connectivity index is 1.31. The smallest absolute Gasteiger partial charge is 0.253 e. The van der Waals surface area contributed by atoms with Gasteiger partial charge in [-0.2, -0.15) is 0 Å². The number of nitrogens with one attached hydrogen (secondary N) is 1. The van der Waals surface area contributed by atoms with Gasteiger partial charge in [-0.3, -0.25) is 9.59 Å². The summed E-state index contributed by atoms with van der Waals surface area (Å²) in [4.78, 5) is 27.7. The van der Waals surface area contributed by atoms with Crippen molar-refractivity contribution in [3.05, 3.63) is 102 Å². The highest BCUT2D eigenvalue weighted by Gasteiger charge is 2.26. The molecule has 1 aliphatic rings. The first kappa shape index (κ1) is 23.6. The Morgan fingerprint density at radius 3 is 1.97 bits per heavy atom. The van der Waals surface area contributed by atoms with Gasteiger partial charge in [0.25, 0.3) is 5.91 Å². The molecule has 176 valence electrons. The van der Waals surface area contributed by atoms with E-state index in [-0.39, 0.29) is 23.8 Å². The molecule has 0 bridgehead atoms. The van der Waals surface area contributed by atoms with Crippen LogP contribution in [0.4, 0.5) is 0 Å². The number of benzene rings is 3. The summed E-state index contributed by atoms with van der Waals surface area (Å²) in [5, 5.41) is 3.22. The predicted octanol–water partition coefficient (Wildman–Crippen LogP) is 5.03. The highest BCUT2D eigenvalue weighted by Crippen LogP contribution is 2.28. The van der Waals surface area contributed by atoms with Crippen molar-refractivity contribution in [3.63, 3.8) is 0 Å². The van der Waals surface area contributed by atoms with Gasteiger partial charge in [0.2, 0.25) is 5.91 Å². The van der Waals surface area contributed by atoms with E-state index in [1.54, 1.807) is 0 Å². The van der Waals surface area contributed by atoms with Crippen LogP contribution in [0.3, 0.4) is 0 Å². The zero-order valence-electron chi connectivity index (χ0n) is 19.7. The third-order valence-electron chi connectivity index (χ3n) is 6.35. The van der Waals surface area contributed by atoms with Crippen molar-refractivity contribution in [3.8, 4) is 5.75 Å². The van der Waals surface area contributed by atoms with Crippen molar-refractivity contribution in [1.82, 2.24) is 10.2 Å². The monoisotopic (exact) mass is 456 g/mol. The molecule has 34 heavy (non-hydrogen) atoms. The quantitative estimate of drug-likeness (QED) is 0.517. The fourth-order valence-electron chi connectivity index (χ4n) is 4.54. The number of carbonyl (C=O) groups is 2. The van der Waals surface area contributed by atoms with Crippen molar-refractivity contribution in [1.29, 1.82) is 0 Å². The van der Waals surface area contributed by atoms with E-state index in [2.05, 4.69) is 29.6 Å². The van der Waals surface area contributed by atoms with Gasteiger partial charge in [0.1, 0.15) is 5.75 Å². The van der Waals surface area contributed by atoms with Crippen LogP contribution in [0.15, 0.2) is 84.9 Å². The second-order valence-corrected chi connectivity index (χ2v) is 8.67. The molecule has 0 unspecified atom stereocenters. The maximum atomic E-state index is 13.0. The summed E-state index contributed by atoms with van der Waals surface area (Å²) >= 11 is 0. The Hall–Kier alpha value is -3.60. The van der Waals surface area contributed by atoms with Crippen LogP contribution in [0.1, 0.15) is 53.6 Å². The lowest BCUT2D eigenvalue weighted by molar-refractivity contribution is -0.122. The topological polar surface area (TPSA) is 58.6 Å². The van der Waals surface area contributed by atoms with Gasteiger partial charge >= 0.3 is 0 Å². The van der Waals surface area contributed by atoms with Gasteiger partial charge in [-0.15, -0.1) is 0 Å². The molecule has 5 heteroatoms. The fraction of sp³-hybridized carbons (Fsp3) is 0.310. The number of rotatable bonds is 8. The maximum absolute atomic E-state index is 13.0. The molecule has 0 radical (unpaired) electrons. The molecule has 5 nitrogen and oxygen atoms in total. The van der Waals surface area contributed by atoms with E-state index in [0.29, 0.717) is 31.7 Å². The second kappa shape index (κ2) is 11.5. The first-order valence-corrected chi connectivity index (χ1v) is 12.1. The Morgan fingerprint density at radius 1 is 0.882 bits per heavy atom. The molecule has 0 spiro atoms. The van der Waals surface area contributed by atoms with Crippen LogP contribution in [0.5, 0.6) is 5.75 Å². The molecule has 1 fully saturated rings. The van der Waals surface area contributed by atoms with E-state index in [1.807, 2.05) is 72.5 Å². The number of nitrogens with zero attached hydrogens (tertiary/aromatic N) is 1. The Morgan fingerprint density at radius 2 is 1.44 bits per heavy atom. The van der Waals surface area contributed by atoms with Crippen molar-refractivity contribution in [2.24, 2.45) is 0 Å². The third-order valence-corrected chi connectivity index (χ3v) is 6.35. The zero-order valence-corrected chi connectivity index (χ0v) is 19.7. The average Bonchev–Trinajstić information content (AvgIpc) is 2.89. The molecule has 1 aliphatic heterocycles. The number of piperidine rings is 1. The van der Waals surface area contributed by atoms with Crippen LogP contribution >= 0.6 is 0 Å². The van der Waals surface area contributed by atoms with Crippen molar-refractivity contribution >= 4 is 11.8 Å². The lowest BCUT2D eigenvalue weighted by Crippen LogP contribution is -2.46. The van der Waals surface area contributed by atoms with Crippen LogP contribution in [0, 0.1) is 0 Å². The number of amides is 2. The van der Waals surface area contributed by atoms with Crippen molar-refractivity contribution < 1.29 is 14.3 Å². The molecule has 1 saturated heterocycles. The van der Waals surface area contributed by atoms with Crippen molar-refractivity contribution in [2.75, 3.05) is 19.7 Å². The second-order valence-electron chi connectivity index (χ2n) is 8.67. The third kappa shape index (κ3) is 6.04. The zero-order chi connectivity index (χ0) is 23.8. The average molecular weight is 457 g/mol. The molecule has 0 aromatic heterocycles. The van der Waals surface area contributed by atoms with Crippen LogP contribution in [0.2, 0.25) is 0 Å². The summed E-state index contributed by atoms with van der Waals surface area (Å²) in [6.07, 6.45) is 1.92.